The first-order chi connectivity index (χ1) is 26.9. The van der Waals surface area contributed by atoms with E-state index in [0.29, 0.717) is 69.8 Å². The summed E-state index contributed by atoms with van der Waals surface area (Å²) in [5.41, 5.74) is 3.14. The number of carbonyl (C=O) groups is 6. The fraction of sp³-hybridized carbons (Fsp3) is 0.300. The molecule has 3 aliphatic rings. The topological polar surface area (TPSA) is 198 Å². The number of ether oxygens (including phenoxy) is 1. The van der Waals surface area contributed by atoms with E-state index < -0.39 is 40.9 Å². The Morgan fingerprint density at radius 3 is 2.52 bits per heavy atom. The molecule has 4 aromatic rings. The van der Waals surface area contributed by atoms with Gasteiger partial charge in [0.05, 0.1) is 52.1 Å². The maximum Gasteiger partial charge on any atom is 0.264 e. The van der Waals surface area contributed by atoms with Crippen LogP contribution in [0.1, 0.15) is 75.7 Å². The highest BCUT2D eigenvalue weighted by Gasteiger charge is 2.45. The Balaban J connectivity index is 1.03. The van der Waals surface area contributed by atoms with Crippen LogP contribution >= 0.6 is 0 Å². The van der Waals surface area contributed by atoms with Gasteiger partial charge in [0.2, 0.25) is 17.7 Å². The predicted molar refractivity (Wildman–Crippen MR) is 207 cm³/mol. The lowest BCUT2D eigenvalue weighted by Crippen LogP contribution is -2.54. The lowest BCUT2D eigenvalue weighted by molar-refractivity contribution is -0.136. The molecule has 56 heavy (non-hydrogen) atoms. The SMILES string of the molecule is CCC(CCNC(=O)CCc1cc2c3c(ccc(N(c4ccccc4OC)S(=O)[O-])c3c1)N(C)C2=O)Nc1cccc2c1C(=O)N(C1CCC(=O)NC1=O)C2=O. The van der Waals surface area contributed by atoms with Crippen molar-refractivity contribution in [1.82, 2.24) is 15.5 Å². The summed E-state index contributed by atoms with van der Waals surface area (Å²) in [7, 11) is 3.11. The number of aryl methyl sites for hydroxylation is 1. The summed E-state index contributed by atoms with van der Waals surface area (Å²) in [6.07, 6.45) is 1.57. The van der Waals surface area contributed by atoms with Gasteiger partial charge < -0.3 is 24.8 Å². The van der Waals surface area contributed by atoms with Gasteiger partial charge >= 0.3 is 0 Å². The van der Waals surface area contributed by atoms with Crippen LogP contribution in [0.2, 0.25) is 0 Å². The van der Waals surface area contributed by atoms with Gasteiger partial charge in [0.15, 0.2) is 0 Å². The van der Waals surface area contributed by atoms with E-state index in [-0.39, 0.29) is 54.7 Å². The standard InChI is InChI=1S/C40H40N6O9S/c1-4-23(42-27-9-7-8-24-36(27)40(52)45(39(24)51)31-15-17-34(48)43-37(31)49)18-19-41-33(47)16-12-22-20-25-28(13-14-30-35(25)26(21-22)38(50)44(30)2)46(56(53)54)29-10-5-6-11-32(29)55-3/h5-11,13-14,20-21,23,31,42H,4,12,15-19H2,1-3H3,(H,41,47)(H,53,54)(H,43,48,49)/p-1. The number of carbonyl (C=O) groups excluding carboxylic acids is 6. The molecule has 0 spiro atoms. The van der Waals surface area contributed by atoms with E-state index in [1.807, 2.05) is 13.0 Å². The maximum absolute atomic E-state index is 13.5. The second-order valence-corrected chi connectivity index (χ2v) is 14.6. The third-order valence-corrected chi connectivity index (χ3v) is 11.2. The van der Waals surface area contributed by atoms with E-state index in [1.54, 1.807) is 61.6 Å². The number of para-hydroxylation sites is 2. The predicted octanol–water partition coefficient (Wildman–Crippen LogP) is 4.10. The number of nitrogens with one attached hydrogen (secondary N) is 3. The smallest absolute Gasteiger partial charge is 0.264 e. The number of imide groups is 2. The highest BCUT2D eigenvalue weighted by molar-refractivity contribution is 7.81. The molecule has 0 radical (unpaired) electrons. The van der Waals surface area contributed by atoms with Crippen LogP contribution in [0.25, 0.3) is 10.8 Å². The minimum absolute atomic E-state index is 0.0239. The molecule has 3 unspecified atom stereocenters. The maximum atomic E-state index is 13.5. The fourth-order valence-electron chi connectivity index (χ4n) is 7.62. The Morgan fingerprint density at radius 2 is 1.79 bits per heavy atom. The van der Waals surface area contributed by atoms with E-state index in [9.17, 15) is 37.5 Å². The fourth-order valence-corrected chi connectivity index (χ4v) is 8.26. The van der Waals surface area contributed by atoms with Crippen LogP contribution in [0.5, 0.6) is 5.75 Å². The van der Waals surface area contributed by atoms with E-state index >= 15 is 0 Å². The number of methoxy groups -OCH3 is 1. The molecule has 0 aliphatic carbocycles. The molecule has 7 rings (SSSR count). The van der Waals surface area contributed by atoms with Crippen LogP contribution in [-0.2, 0) is 32.1 Å². The van der Waals surface area contributed by atoms with Crippen LogP contribution in [-0.4, -0.2) is 81.9 Å². The molecule has 0 bridgehead atoms. The lowest BCUT2D eigenvalue weighted by atomic mass is 9.97. The molecule has 0 aromatic heterocycles. The number of amides is 6. The second kappa shape index (κ2) is 15.5. The van der Waals surface area contributed by atoms with Crippen molar-refractivity contribution in [3.05, 3.63) is 89.0 Å². The number of rotatable bonds is 14. The monoisotopic (exact) mass is 779 g/mol. The number of fused-ring (bicyclic) bond motifs is 1. The van der Waals surface area contributed by atoms with Gasteiger partial charge in [-0.2, -0.15) is 0 Å². The number of piperidine rings is 1. The van der Waals surface area contributed by atoms with Crippen molar-refractivity contribution >= 4 is 80.2 Å². The average molecular weight is 780 g/mol. The Morgan fingerprint density at radius 1 is 1.00 bits per heavy atom. The van der Waals surface area contributed by atoms with Gasteiger partial charge in [0.1, 0.15) is 11.8 Å². The summed E-state index contributed by atoms with van der Waals surface area (Å²) < 4.78 is 32.1. The van der Waals surface area contributed by atoms with E-state index in [4.69, 9.17) is 4.74 Å². The van der Waals surface area contributed by atoms with Crippen molar-refractivity contribution in [3.63, 3.8) is 0 Å². The zero-order chi connectivity index (χ0) is 39.8. The average Bonchev–Trinajstić information content (AvgIpc) is 3.59. The number of nitrogens with zero attached hydrogens (tertiary/aromatic N) is 3. The molecule has 6 amide bonds. The van der Waals surface area contributed by atoms with Crippen LogP contribution in [0.15, 0.2) is 66.7 Å². The van der Waals surface area contributed by atoms with Crippen molar-refractivity contribution in [2.75, 3.05) is 35.2 Å². The molecule has 4 aromatic carbocycles. The molecular formula is C40H39N6O9S-. The van der Waals surface area contributed by atoms with Crippen molar-refractivity contribution in [3.8, 4) is 5.75 Å². The van der Waals surface area contributed by atoms with Gasteiger partial charge in [-0.3, -0.25) is 47.5 Å². The first kappa shape index (κ1) is 38.2. The van der Waals surface area contributed by atoms with E-state index in [2.05, 4.69) is 16.0 Å². The summed E-state index contributed by atoms with van der Waals surface area (Å²) in [4.78, 5) is 79.9. The normalized spacial score (nSPS) is 17.2. The quantitative estimate of drug-likeness (QED) is 0.124. The van der Waals surface area contributed by atoms with Gasteiger partial charge in [-0.05, 0) is 79.8 Å². The van der Waals surface area contributed by atoms with Gasteiger partial charge in [0, 0.05) is 48.9 Å². The van der Waals surface area contributed by atoms with Gasteiger partial charge in [-0.15, -0.1) is 0 Å². The molecule has 15 nitrogen and oxygen atoms in total. The highest BCUT2D eigenvalue weighted by atomic mass is 32.2. The second-order valence-electron chi connectivity index (χ2n) is 13.8. The van der Waals surface area contributed by atoms with Gasteiger partial charge in [0.25, 0.3) is 17.7 Å². The molecule has 3 heterocycles. The van der Waals surface area contributed by atoms with Crippen LogP contribution in [0, 0.1) is 0 Å². The molecule has 16 heteroatoms. The summed E-state index contributed by atoms with van der Waals surface area (Å²) in [5.74, 6) is -2.45. The van der Waals surface area contributed by atoms with Crippen LogP contribution < -0.4 is 29.9 Å². The highest BCUT2D eigenvalue weighted by Crippen LogP contribution is 2.45. The Kier molecular flexibility index (Phi) is 10.6. The van der Waals surface area contributed by atoms with Crippen molar-refractivity contribution in [2.45, 2.75) is 57.5 Å². The molecule has 3 atom stereocenters. The van der Waals surface area contributed by atoms with E-state index in [1.165, 1.54) is 18.1 Å². The largest absolute Gasteiger partial charge is 0.755 e. The van der Waals surface area contributed by atoms with Crippen molar-refractivity contribution in [1.29, 1.82) is 0 Å². The Hall–Kier alpha value is -6.13. The van der Waals surface area contributed by atoms with Crippen molar-refractivity contribution < 1.29 is 42.3 Å². The first-order valence-corrected chi connectivity index (χ1v) is 19.2. The Labute approximate surface area is 324 Å². The minimum Gasteiger partial charge on any atom is -0.755 e. The minimum atomic E-state index is -2.75. The molecule has 290 valence electrons. The number of benzene rings is 4. The third kappa shape index (κ3) is 6.85. The molecule has 3 aliphatic heterocycles. The van der Waals surface area contributed by atoms with Crippen molar-refractivity contribution in [2.24, 2.45) is 0 Å². The summed E-state index contributed by atoms with van der Waals surface area (Å²) in [6, 6.07) is 17.3. The Bertz CT molecular complexity index is 2350. The zero-order valence-electron chi connectivity index (χ0n) is 30.9. The molecule has 3 N–H and O–H groups in total. The molecule has 1 saturated heterocycles. The number of anilines is 4. The summed E-state index contributed by atoms with van der Waals surface area (Å²) >= 11 is -2.75. The molecule has 1 fully saturated rings. The van der Waals surface area contributed by atoms with Gasteiger partial charge in [-0.1, -0.05) is 25.1 Å². The first-order valence-electron chi connectivity index (χ1n) is 18.2. The lowest BCUT2D eigenvalue weighted by Gasteiger charge is -2.29. The number of hydrogen-bond acceptors (Lipinski definition) is 10. The molecular weight excluding hydrogens is 741 g/mol. The molecule has 0 saturated carbocycles. The van der Waals surface area contributed by atoms with Gasteiger partial charge in [-0.25, -0.2) is 0 Å². The van der Waals surface area contributed by atoms with Crippen LogP contribution in [0.4, 0.5) is 22.7 Å². The number of hydrogen-bond donors (Lipinski definition) is 3. The summed E-state index contributed by atoms with van der Waals surface area (Å²) in [6.45, 7) is 2.25. The zero-order valence-corrected chi connectivity index (χ0v) is 31.7. The van der Waals surface area contributed by atoms with E-state index in [0.717, 1.165) is 9.21 Å². The van der Waals surface area contributed by atoms with Crippen LogP contribution in [0.3, 0.4) is 0 Å². The summed E-state index contributed by atoms with van der Waals surface area (Å²) in [5, 5.41) is 9.63. The third-order valence-electron chi connectivity index (χ3n) is 10.5.